The molecule has 5 N–H and O–H groups in total. The van der Waals surface area contributed by atoms with Gasteiger partial charge in [0.25, 0.3) is 5.91 Å². The molecule has 0 bridgehead atoms. The van der Waals surface area contributed by atoms with Gasteiger partial charge in [0.05, 0.1) is 29.5 Å². The maximum absolute atomic E-state index is 12.8. The van der Waals surface area contributed by atoms with Gasteiger partial charge in [-0.25, -0.2) is 4.79 Å². The molecule has 2 amide bonds. The van der Waals surface area contributed by atoms with Crippen LogP contribution in [-0.4, -0.2) is 97.6 Å². The lowest BCUT2D eigenvalue weighted by Gasteiger charge is -2.38. The van der Waals surface area contributed by atoms with E-state index in [0.29, 0.717) is 34.4 Å². The number of benzene rings is 1. The summed E-state index contributed by atoms with van der Waals surface area (Å²) in [5.74, 6) is 0.891. The van der Waals surface area contributed by atoms with E-state index in [-0.39, 0.29) is 18.5 Å². The van der Waals surface area contributed by atoms with E-state index >= 15 is 0 Å². The molecule has 2 heterocycles. The van der Waals surface area contributed by atoms with Gasteiger partial charge < -0.3 is 40.7 Å². The van der Waals surface area contributed by atoms with E-state index in [9.17, 15) is 14.7 Å². The second-order valence-corrected chi connectivity index (χ2v) is 12.1. The normalized spacial score (nSPS) is 18.9. The summed E-state index contributed by atoms with van der Waals surface area (Å²) in [6.07, 6.45) is 3.63. The molecule has 0 spiro atoms. The zero-order valence-corrected chi connectivity index (χ0v) is 24.6. The Labute approximate surface area is 237 Å². The molecule has 10 nitrogen and oxygen atoms in total. The van der Waals surface area contributed by atoms with Crippen molar-refractivity contribution in [2.75, 3.05) is 58.7 Å². The molecule has 0 aromatic heterocycles. The van der Waals surface area contributed by atoms with Gasteiger partial charge in [0.15, 0.2) is 0 Å². The van der Waals surface area contributed by atoms with Gasteiger partial charge in [-0.2, -0.15) is 0 Å². The Balaban J connectivity index is 1.30. The van der Waals surface area contributed by atoms with Crippen LogP contribution in [0.1, 0.15) is 63.2 Å². The summed E-state index contributed by atoms with van der Waals surface area (Å²) in [7, 11) is 1.51. The number of piperidine rings is 2. The van der Waals surface area contributed by atoms with Gasteiger partial charge >= 0.3 is 6.09 Å². The third-order valence-corrected chi connectivity index (χ3v) is 7.70. The molecule has 11 heteroatoms. The number of nitrogens with two attached hydrogens (primary N) is 1. The average Bonchev–Trinajstić information content (AvgIpc) is 2.88. The first-order valence-electron chi connectivity index (χ1n) is 14.0. The lowest BCUT2D eigenvalue weighted by Crippen LogP contribution is -2.47. The van der Waals surface area contributed by atoms with Crippen molar-refractivity contribution in [1.82, 2.24) is 20.4 Å². The standard InChI is InChI=1S/C28H46ClN5O5/c1-28(2,3)39-27(37)31-17-21(35)9-14-33-10-5-19(6-11-33)18-34-12-7-20(8-13-34)32-26(36)22-15-23(29)24(30)16-25(22)38-4/h15-16,19-21,35H,5-14,17-18,30H2,1-4H3,(H,31,37)(H,32,36). The molecular formula is C28H46ClN5O5. The summed E-state index contributed by atoms with van der Waals surface area (Å²) >= 11 is 6.12. The second kappa shape index (κ2) is 14.4. The molecule has 39 heavy (non-hydrogen) atoms. The number of nitrogen functional groups attached to an aromatic ring is 1. The van der Waals surface area contributed by atoms with Crippen molar-refractivity contribution in [2.45, 2.75) is 70.6 Å². The molecule has 2 aliphatic rings. The Morgan fingerprint density at radius 3 is 2.38 bits per heavy atom. The van der Waals surface area contributed by atoms with Gasteiger partial charge in [-0.05, 0) is 77.9 Å². The van der Waals surface area contributed by atoms with Crippen LogP contribution in [0.5, 0.6) is 5.75 Å². The van der Waals surface area contributed by atoms with E-state index < -0.39 is 17.8 Å². The molecule has 220 valence electrons. The third-order valence-electron chi connectivity index (χ3n) is 7.37. The Hall–Kier alpha value is -2.27. The molecule has 0 aliphatic carbocycles. The number of methoxy groups -OCH3 is 1. The largest absolute Gasteiger partial charge is 0.496 e. The lowest BCUT2D eigenvalue weighted by atomic mass is 9.94. The van der Waals surface area contributed by atoms with Crippen molar-refractivity contribution in [1.29, 1.82) is 0 Å². The molecule has 2 saturated heterocycles. The van der Waals surface area contributed by atoms with Gasteiger partial charge in [0, 0.05) is 44.8 Å². The maximum Gasteiger partial charge on any atom is 0.407 e. The van der Waals surface area contributed by atoms with Gasteiger partial charge in [0.1, 0.15) is 11.4 Å². The summed E-state index contributed by atoms with van der Waals surface area (Å²) in [5.41, 5.74) is 6.07. The highest BCUT2D eigenvalue weighted by atomic mass is 35.5. The zero-order chi connectivity index (χ0) is 28.6. The van der Waals surface area contributed by atoms with Crippen LogP contribution in [0.4, 0.5) is 10.5 Å². The van der Waals surface area contributed by atoms with Crippen molar-refractivity contribution in [2.24, 2.45) is 5.92 Å². The fraction of sp³-hybridized carbons (Fsp3) is 0.714. The molecule has 2 aliphatic heterocycles. The van der Waals surface area contributed by atoms with Crippen LogP contribution < -0.4 is 21.1 Å². The number of hydrogen-bond donors (Lipinski definition) is 4. The van der Waals surface area contributed by atoms with Crippen LogP contribution in [0.3, 0.4) is 0 Å². The predicted octanol–water partition coefficient (Wildman–Crippen LogP) is 3.11. The number of anilines is 1. The molecule has 0 saturated carbocycles. The number of halogens is 1. The Morgan fingerprint density at radius 2 is 1.77 bits per heavy atom. The van der Waals surface area contributed by atoms with Gasteiger partial charge in [0.2, 0.25) is 0 Å². The molecular weight excluding hydrogens is 522 g/mol. The van der Waals surface area contributed by atoms with E-state index in [1.165, 1.54) is 7.11 Å². The number of amides is 2. The molecule has 0 radical (unpaired) electrons. The Bertz CT molecular complexity index is 956. The molecule has 1 aromatic rings. The fourth-order valence-electron chi connectivity index (χ4n) is 5.15. The van der Waals surface area contributed by atoms with E-state index in [4.69, 9.17) is 26.8 Å². The minimum absolute atomic E-state index is 0.118. The average molecular weight is 568 g/mol. The van der Waals surface area contributed by atoms with E-state index in [1.54, 1.807) is 12.1 Å². The number of hydrogen-bond acceptors (Lipinski definition) is 8. The molecule has 3 rings (SSSR count). The fourth-order valence-corrected chi connectivity index (χ4v) is 5.31. The van der Waals surface area contributed by atoms with Crippen LogP contribution in [0.25, 0.3) is 0 Å². The topological polar surface area (TPSA) is 129 Å². The minimum atomic E-state index is -0.588. The Morgan fingerprint density at radius 1 is 1.13 bits per heavy atom. The Kier molecular flexibility index (Phi) is 11.5. The maximum atomic E-state index is 12.8. The van der Waals surface area contributed by atoms with Gasteiger partial charge in [-0.3, -0.25) is 4.79 Å². The lowest BCUT2D eigenvalue weighted by molar-refractivity contribution is 0.0478. The highest BCUT2D eigenvalue weighted by molar-refractivity contribution is 6.33. The van der Waals surface area contributed by atoms with Crippen molar-refractivity contribution in [3.8, 4) is 5.75 Å². The highest BCUT2D eigenvalue weighted by Crippen LogP contribution is 2.29. The molecule has 1 atom stereocenters. The number of rotatable bonds is 10. The summed E-state index contributed by atoms with van der Waals surface area (Å²) in [4.78, 5) is 29.5. The first kappa shape index (κ1) is 31.3. The van der Waals surface area contributed by atoms with Crippen molar-refractivity contribution in [3.05, 3.63) is 22.7 Å². The summed E-state index contributed by atoms with van der Waals surface area (Å²) in [6.45, 7) is 11.5. The number of carbonyl (C=O) groups is 2. The summed E-state index contributed by atoms with van der Waals surface area (Å²) in [6, 6.07) is 3.26. The minimum Gasteiger partial charge on any atom is -0.496 e. The zero-order valence-electron chi connectivity index (χ0n) is 23.8. The third kappa shape index (κ3) is 10.3. The van der Waals surface area contributed by atoms with Crippen LogP contribution in [0, 0.1) is 5.92 Å². The van der Waals surface area contributed by atoms with Crippen LogP contribution >= 0.6 is 11.6 Å². The number of nitrogens with zero attached hydrogens (tertiary/aromatic N) is 2. The first-order valence-corrected chi connectivity index (χ1v) is 14.3. The quantitative estimate of drug-likeness (QED) is 0.317. The van der Waals surface area contributed by atoms with Crippen molar-refractivity contribution >= 4 is 29.3 Å². The van der Waals surface area contributed by atoms with Crippen LogP contribution in [0.2, 0.25) is 5.02 Å². The number of nitrogens with one attached hydrogen (secondary N) is 2. The number of aliphatic hydroxyl groups excluding tert-OH is 1. The number of carbonyl (C=O) groups excluding carboxylic acids is 2. The number of likely N-dealkylation sites (tertiary alicyclic amines) is 2. The van der Waals surface area contributed by atoms with Crippen molar-refractivity contribution < 1.29 is 24.2 Å². The summed E-state index contributed by atoms with van der Waals surface area (Å²) in [5, 5.41) is 16.3. The van der Waals surface area contributed by atoms with Crippen LogP contribution in [-0.2, 0) is 4.74 Å². The predicted molar refractivity (Wildman–Crippen MR) is 153 cm³/mol. The number of ether oxygens (including phenoxy) is 2. The molecule has 1 aromatic carbocycles. The number of alkyl carbamates (subject to hydrolysis) is 1. The second-order valence-electron chi connectivity index (χ2n) is 11.7. The summed E-state index contributed by atoms with van der Waals surface area (Å²) < 4.78 is 10.5. The van der Waals surface area contributed by atoms with Gasteiger partial charge in [-0.15, -0.1) is 0 Å². The van der Waals surface area contributed by atoms with E-state index in [1.807, 2.05) is 20.8 Å². The first-order chi connectivity index (χ1) is 18.4. The van der Waals surface area contributed by atoms with Crippen LogP contribution in [0.15, 0.2) is 12.1 Å². The SMILES string of the molecule is COc1cc(N)c(Cl)cc1C(=O)NC1CCN(CC2CCN(CCC(O)CNC(=O)OC(C)(C)C)CC2)CC1. The molecule has 1 unspecified atom stereocenters. The van der Waals surface area contributed by atoms with Gasteiger partial charge in [-0.1, -0.05) is 11.6 Å². The smallest absolute Gasteiger partial charge is 0.407 e. The van der Waals surface area contributed by atoms with E-state index in [0.717, 1.165) is 65.0 Å². The molecule has 2 fully saturated rings. The number of aliphatic hydroxyl groups is 1. The van der Waals surface area contributed by atoms with Crippen molar-refractivity contribution in [3.63, 3.8) is 0 Å². The monoisotopic (exact) mass is 567 g/mol. The van der Waals surface area contributed by atoms with E-state index in [2.05, 4.69) is 20.4 Å². The highest BCUT2D eigenvalue weighted by Gasteiger charge is 2.27.